The molecule has 160 valence electrons. The minimum atomic E-state index is -0.806. The van der Waals surface area contributed by atoms with E-state index in [-0.39, 0.29) is 12.5 Å². The van der Waals surface area contributed by atoms with Gasteiger partial charge in [0.25, 0.3) is 5.91 Å². The summed E-state index contributed by atoms with van der Waals surface area (Å²) in [4.78, 5) is 31.3. The van der Waals surface area contributed by atoms with E-state index >= 15 is 0 Å². The number of carbonyl (C=O) groups is 2. The fraction of sp³-hybridized carbons (Fsp3) is 0.381. The van der Waals surface area contributed by atoms with Gasteiger partial charge >= 0.3 is 5.97 Å². The van der Waals surface area contributed by atoms with Gasteiger partial charge in [-0.1, -0.05) is 11.6 Å². The minimum absolute atomic E-state index is 0.0184. The van der Waals surface area contributed by atoms with E-state index in [0.717, 1.165) is 18.8 Å². The van der Waals surface area contributed by atoms with Gasteiger partial charge < -0.3 is 25.4 Å². The van der Waals surface area contributed by atoms with E-state index in [2.05, 4.69) is 15.2 Å². The molecule has 1 amide bonds. The molecule has 0 radical (unpaired) electrons. The number of carbonyl (C=O) groups excluding carboxylic acids is 2. The van der Waals surface area contributed by atoms with E-state index in [9.17, 15) is 9.59 Å². The number of halogens is 1. The molecule has 1 aliphatic heterocycles. The van der Waals surface area contributed by atoms with Crippen LogP contribution in [-0.4, -0.2) is 55.3 Å². The molecule has 0 saturated carbocycles. The Kier molecular flexibility index (Phi) is 6.79. The summed E-state index contributed by atoms with van der Waals surface area (Å²) in [6, 6.07) is 6.37. The Labute approximate surface area is 180 Å². The van der Waals surface area contributed by atoms with Gasteiger partial charge in [-0.25, -0.2) is 4.79 Å². The lowest BCUT2D eigenvalue weighted by Crippen LogP contribution is -2.47. The summed E-state index contributed by atoms with van der Waals surface area (Å²) in [6.07, 6.45) is 3.18. The summed E-state index contributed by atoms with van der Waals surface area (Å²) in [5.41, 5.74) is 6.86. The Balaban J connectivity index is 1.59. The van der Waals surface area contributed by atoms with E-state index in [4.69, 9.17) is 26.8 Å². The first-order valence-electron chi connectivity index (χ1n) is 9.57. The second kappa shape index (κ2) is 9.32. The van der Waals surface area contributed by atoms with Crippen LogP contribution in [0, 0.1) is 0 Å². The lowest BCUT2D eigenvalue weighted by molar-refractivity contribution is 0.0389. The van der Waals surface area contributed by atoms with Crippen LogP contribution < -0.4 is 16.0 Å². The number of pyridine rings is 1. The number of esters is 1. The van der Waals surface area contributed by atoms with Gasteiger partial charge in [-0.05, 0) is 38.1 Å². The lowest BCUT2D eigenvalue weighted by Gasteiger charge is -2.28. The summed E-state index contributed by atoms with van der Waals surface area (Å²) in [7, 11) is 0. The topological polar surface area (TPSA) is 107 Å². The summed E-state index contributed by atoms with van der Waals surface area (Å²) in [5.74, 6) is -0.867. The minimum Gasteiger partial charge on any atom is -0.460 e. The molecule has 0 atom stereocenters. The smallest absolute Gasteiger partial charge is 0.339 e. The molecule has 1 saturated heterocycles. The van der Waals surface area contributed by atoms with Crippen molar-refractivity contribution >= 4 is 34.9 Å². The molecule has 30 heavy (non-hydrogen) atoms. The molecule has 1 aliphatic rings. The zero-order valence-electron chi connectivity index (χ0n) is 17.0. The molecule has 3 rings (SSSR count). The number of anilines is 2. The molecule has 0 unspecified atom stereocenters. The Bertz CT molecular complexity index is 909. The third kappa shape index (κ3) is 5.84. The van der Waals surface area contributed by atoms with Crippen LogP contribution in [0.15, 0.2) is 36.7 Å². The second-order valence-electron chi connectivity index (χ2n) is 7.72. The fourth-order valence-electron chi connectivity index (χ4n) is 3.02. The number of aromatic nitrogens is 1. The number of nitrogens with two attached hydrogens (primary N) is 1. The summed E-state index contributed by atoms with van der Waals surface area (Å²) < 4.78 is 10.8. The molecular formula is C21H25ClN4O4. The molecule has 0 aliphatic carbocycles. The third-order valence-electron chi connectivity index (χ3n) is 4.53. The van der Waals surface area contributed by atoms with Gasteiger partial charge in [-0.15, -0.1) is 0 Å². The number of amides is 1. The molecule has 1 fully saturated rings. The van der Waals surface area contributed by atoms with Gasteiger partial charge in [0, 0.05) is 35.6 Å². The molecule has 3 N–H and O–H groups in total. The van der Waals surface area contributed by atoms with Crippen molar-refractivity contribution in [2.24, 2.45) is 0 Å². The molecule has 0 spiro atoms. The maximum atomic E-state index is 12.5. The van der Waals surface area contributed by atoms with Gasteiger partial charge in [-0.3, -0.25) is 9.78 Å². The van der Waals surface area contributed by atoms with Crippen molar-refractivity contribution in [1.29, 1.82) is 0 Å². The first-order chi connectivity index (χ1) is 14.2. The Morgan fingerprint density at radius 1 is 1.20 bits per heavy atom. The van der Waals surface area contributed by atoms with Crippen molar-refractivity contribution in [3.8, 4) is 0 Å². The highest BCUT2D eigenvalue weighted by Crippen LogP contribution is 2.19. The highest BCUT2D eigenvalue weighted by molar-refractivity contribution is 6.31. The van der Waals surface area contributed by atoms with Crippen molar-refractivity contribution in [3.05, 3.63) is 52.8 Å². The van der Waals surface area contributed by atoms with Gasteiger partial charge in [0.2, 0.25) is 0 Å². The number of nitrogens with one attached hydrogen (secondary N) is 1. The van der Waals surface area contributed by atoms with E-state index in [1.807, 2.05) is 0 Å². The SMILES string of the molecule is CC(C)(COC(=O)c1cncc(N2CCOCC2)c1)NC(=O)c1cc(N)cc(Cl)c1. The quantitative estimate of drug-likeness (QED) is 0.533. The van der Waals surface area contributed by atoms with Gasteiger partial charge in [0.1, 0.15) is 6.61 Å². The molecule has 9 heteroatoms. The second-order valence-corrected chi connectivity index (χ2v) is 8.16. The number of hydrogen-bond acceptors (Lipinski definition) is 7. The van der Waals surface area contributed by atoms with Crippen LogP contribution in [-0.2, 0) is 9.47 Å². The highest BCUT2D eigenvalue weighted by Gasteiger charge is 2.24. The number of rotatable bonds is 6. The Morgan fingerprint density at radius 3 is 2.63 bits per heavy atom. The Hall–Kier alpha value is -2.84. The van der Waals surface area contributed by atoms with Crippen LogP contribution in [0.25, 0.3) is 0 Å². The van der Waals surface area contributed by atoms with Crippen molar-refractivity contribution < 1.29 is 19.1 Å². The van der Waals surface area contributed by atoms with Crippen LogP contribution in [0.2, 0.25) is 5.02 Å². The van der Waals surface area contributed by atoms with Crippen LogP contribution in [0.3, 0.4) is 0 Å². The number of nitrogen functional groups attached to an aromatic ring is 1. The summed E-state index contributed by atoms with van der Waals surface area (Å²) in [6.45, 7) is 6.26. The van der Waals surface area contributed by atoms with Crippen LogP contribution in [0.4, 0.5) is 11.4 Å². The van der Waals surface area contributed by atoms with E-state index in [0.29, 0.717) is 35.1 Å². The van der Waals surface area contributed by atoms with E-state index in [1.54, 1.807) is 32.2 Å². The van der Waals surface area contributed by atoms with Crippen LogP contribution in [0.5, 0.6) is 0 Å². The molecule has 0 bridgehead atoms. The maximum absolute atomic E-state index is 12.5. The molecule has 2 aromatic rings. The number of benzene rings is 1. The number of nitrogens with zero attached hydrogens (tertiary/aromatic N) is 2. The largest absolute Gasteiger partial charge is 0.460 e. The van der Waals surface area contributed by atoms with Gasteiger partial charge in [0.05, 0.1) is 36.2 Å². The molecule has 8 nitrogen and oxygen atoms in total. The molecule has 1 aromatic carbocycles. The standard InChI is InChI=1S/C21H25ClN4O4/c1-21(2,25-19(27)14-7-16(22)10-17(23)8-14)13-30-20(28)15-9-18(12-24-11-15)26-3-5-29-6-4-26/h7-12H,3-6,13,23H2,1-2H3,(H,25,27). The first kappa shape index (κ1) is 21.9. The third-order valence-corrected chi connectivity index (χ3v) is 4.75. The van der Waals surface area contributed by atoms with Crippen LogP contribution in [0.1, 0.15) is 34.6 Å². The van der Waals surface area contributed by atoms with Crippen molar-refractivity contribution in [2.45, 2.75) is 19.4 Å². The maximum Gasteiger partial charge on any atom is 0.339 e. The molecule has 1 aromatic heterocycles. The number of hydrogen-bond donors (Lipinski definition) is 2. The van der Waals surface area contributed by atoms with Gasteiger partial charge in [0.15, 0.2) is 0 Å². The Morgan fingerprint density at radius 2 is 1.93 bits per heavy atom. The normalized spacial score (nSPS) is 14.3. The predicted octanol–water partition coefficient (Wildman–Crippen LogP) is 2.52. The van der Waals surface area contributed by atoms with Crippen molar-refractivity contribution in [2.75, 3.05) is 43.5 Å². The number of ether oxygens (including phenoxy) is 2. The summed E-state index contributed by atoms with van der Waals surface area (Å²) >= 11 is 5.96. The lowest BCUT2D eigenvalue weighted by atomic mass is 10.1. The zero-order chi connectivity index (χ0) is 21.7. The van der Waals surface area contributed by atoms with E-state index in [1.165, 1.54) is 18.3 Å². The van der Waals surface area contributed by atoms with Crippen molar-refractivity contribution in [1.82, 2.24) is 10.3 Å². The van der Waals surface area contributed by atoms with Gasteiger partial charge in [-0.2, -0.15) is 0 Å². The predicted molar refractivity (Wildman–Crippen MR) is 115 cm³/mol. The summed E-state index contributed by atoms with van der Waals surface area (Å²) in [5, 5.41) is 3.20. The van der Waals surface area contributed by atoms with Crippen LogP contribution >= 0.6 is 11.6 Å². The highest BCUT2D eigenvalue weighted by atomic mass is 35.5. The fourth-order valence-corrected chi connectivity index (χ4v) is 3.27. The average molecular weight is 433 g/mol. The number of morpholine rings is 1. The monoisotopic (exact) mass is 432 g/mol. The zero-order valence-corrected chi connectivity index (χ0v) is 17.7. The van der Waals surface area contributed by atoms with Crippen molar-refractivity contribution in [3.63, 3.8) is 0 Å². The molecule has 2 heterocycles. The first-order valence-corrected chi connectivity index (χ1v) is 9.95. The molecular weight excluding hydrogens is 408 g/mol. The van der Waals surface area contributed by atoms with E-state index < -0.39 is 11.5 Å². The average Bonchev–Trinajstić information content (AvgIpc) is 2.72.